The van der Waals surface area contributed by atoms with Crippen LogP contribution in [0.2, 0.25) is 0 Å². The van der Waals surface area contributed by atoms with Crippen LogP contribution in [0.4, 0.5) is 5.69 Å². The van der Waals surface area contributed by atoms with Crippen LogP contribution in [0.3, 0.4) is 0 Å². The Bertz CT molecular complexity index is 430. The van der Waals surface area contributed by atoms with Crippen LogP contribution in [0.15, 0.2) is 18.2 Å². The molecule has 3 N–H and O–H groups in total. The lowest BCUT2D eigenvalue weighted by atomic mass is 10.1. The Balaban J connectivity index is 2.51. The molecule has 0 bridgehead atoms. The van der Waals surface area contributed by atoms with Crippen LogP contribution < -0.4 is 15.8 Å². The largest absolute Gasteiger partial charge is 0.481 e. The minimum Gasteiger partial charge on any atom is -0.481 e. The molecular weight excluding hydrogens is 240 g/mol. The Morgan fingerprint density at radius 2 is 2.05 bits per heavy atom. The van der Waals surface area contributed by atoms with Crippen molar-refractivity contribution in [2.24, 2.45) is 5.92 Å². The van der Waals surface area contributed by atoms with Crippen LogP contribution >= 0.6 is 0 Å². The van der Waals surface area contributed by atoms with Gasteiger partial charge in [-0.05, 0) is 37.8 Å². The summed E-state index contributed by atoms with van der Waals surface area (Å²) in [5.41, 5.74) is 7.31. The molecule has 0 aromatic heterocycles. The molecule has 19 heavy (non-hydrogen) atoms. The smallest absolute Gasteiger partial charge is 0.260 e. The van der Waals surface area contributed by atoms with Gasteiger partial charge in [0.15, 0.2) is 6.10 Å². The number of carbonyl (C=O) groups is 1. The number of hydrogen-bond donors (Lipinski definition) is 2. The number of aryl methyl sites for hydroxylation is 1. The van der Waals surface area contributed by atoms with Crippen molar-refractivity contribution in [1.29, 1.82) is 0 Å². The lowest BCUT2D eigenvalue weighted by molar-refractivity contribution is -0.127. The van der Waals surface area contributed by atoms with Gasteiger partial charge in [0, 0.05) is 18.3 Å². The summed E-state index contributed by atoms with van der Waals surface area (Å²) in [5.74, 6) is 1.14. The zero-order valence-electron chi connectivity index (χ0n) is 12.2. The van der Waals surface area contributed by atoms with Crippen molar-refractivity contribution in [1.82, 2.24) is 5.32 Å². The molecule has 1 amide bonds. The summed E-state index contributed by atoms with van der Waals surface area (Å²) < 4.78 is 5.65. The molecule has 1 atom stereocenters. The molecule has 4 nitrogen and oxygen atoms in total. The highest BCUT2D eigenvalue weighted by Crippen LogP contribution is 2.21. The number of nitrogen functional groups attached to an aromatic ring is 1. The predicted molar refractivity (Wildman–Crippen MR) is 78.1 cm³/mol. The molecule has 0 saturated carbocycles. The molecular formula is C15H24N2O2. The van der Waals surface area contributed by atoms with E-state index in [9.17, 15) is 4.79 Å². The van der Waals surface area contributed by atoms with E-state index in [4.69, 9.17) is 10.5 Å². The van der Waals surface area contributed by atoms with E-state index >= 15 is 0 Å². The molecule has 0 aliphatic carbocycles. The van der Waals surface area contributed by atoms with E-state index in [-0.39, 0.29) is 5.91 Å². The zero-order valence-corrected chi connectivity index (χ0v) is 12.2. The van der Waals surface area contributed by atoms with Gasteiger partial charge in [0.1, 0.15) is 5.75 Å². The first kappa shape index (κ1) is 15.3. The average molecular weight is 264 g/mol. The third kappa shape index (κ3) is 5.20. The van der Waals surface area contributed by atoms with Crippen LogP contribution in [-0.4, -0.2) is 18.6 Å². The third-order valence-electron chi connectivity index (χ3n) is 2.91. The van der Waals surface area contributed by atoms with Gasteiger partial charge in [0.2, 0.25) is 0 Å². The molecule has 106 valence electrons. The Kier molecular flexibility index (Phi) is 5.67. The van der Waals surface area contributed by atoms with Crippen LogP contribution in [-0.2, 0) is 4.79 Å². The zero-order chi connectivity index (χ0) is 14.4. The first-order valence-electron chi connectivity index (χ1n) is 6.70. The highest BCUT2D eigenvalue weighted by molar-refractivity contribution is 5.80. The van der Waals surface area contributed by atoms with Crippen LogP contribution in [0.1, 0.15) is 32.8 Å². The lowest BCUT2D eigenvalue weighted by Crippen LogP contribution is -2.37. The van der Waals surface area contributed by atoms with E-state index in [1.807, 2.05) is 19.1 Å². The normalized spacial score (nSPS) is 12.3. The fourth-order valence-corrected chi connectivity index (χ4v) is 1.62. The molecule has 1 rings (SSSR count). The van der Waals surface area contributed by atoms with Crippen LogP contribution in [0, 0.1) is 12.8 Å². The van der Waals surface area contributed by atoms with Crippen molar-refractivity contribution in [3.8, 4) is 5.75 Å². The van der Waals surface area contributed by atoms with Gasteiger partial charge in [-0.3, -0.25) is 4.79 Å². The van der Waals surface area contributed by atoms with Gasteiger partial charge in [0.25, 0.3) is 5.91 Å². The van der Waals surface area contributed by atoms with Gasteiger partial charge in [-0.1, -0.05) is 19.9 Å². The number of anilines is 1. The second-order valence-corrected chi connectivity index (χ2v) is 5.26. The second-order valence-electron chi connectivity index (χ2n) is 5.26. The van der Waals surface area contributed by atoms with E-state index in [1.165, 1.54) is 0 Å². The van der Waals surface area contributed by atoms with E-state index in [0.717, 1.165) is 12.0 Å². The summed E-state index contributed by atoms with van der Waals surface area (Å²) in [4.78, 5) is 11.9. The van der Waals surface area contributed by atoms with Gasteiger partial charge >= 0.3 is 0 Å². The molecule has 0 radical (unpaired) electrons. The fraction of sp³-hybridized carbons (Fsp3) is 0.533. The van der Waals surface area contributed by atoms with Gasteiger partial charge < -0.3 is 15.8 Å². The maximum Gasteiger partial charge on any atom is 0.260 e. The fourth-order valence-electron chi connectivity index (χ4n) is 1.62. The van der Waals surface area contributed by atoms with E-state index in [0.29, 0.717) is 23.9 Å². The average Bonchev–Trinajstić information content (AvgIpc) is 2.33. The Hall–Kier alpha value is -1.71. The molecule has 0 heterocycles. The summed E-state index contributed by atoms with van der Waals surface area (Å²) in [6, 6.07) is 5.44. The number of hydrogen-bond acceptors (Lipinski definition) is 3. The molecule has 1 aromatic carbocycles. The highest BCUT2D eigenvalue weighted by atomic mass is 16.5. The van der Waals surface area contributed by atoms with Crippen LogP contribution in [0.25, 0.3) is 0 Å². The second kappa shape index (κ2) is 7.02. The number of benzene rings is 1. The van der Waals surface area contributed by atoms with Crippen molar-refractivity contribution in [3.63, 3.8) is 0 Å². The minimum atomic E-state index is -0.521. The molecule has 1 aromatic rings. The molecule has 0 spiro atoms. The molecule has 0 saturated heterocycles. The van der Waals surface area contributed by atoms with Gasteiger partial charge in [-0.15, -0.1) is 0 Å². The van der Waals surface area contributed by atoms with E-state index in [1.54, 1.807) is 13.0 Å². The van der Waals surface area contributed by atoms with Gasteiger partial charge in [0.05, 0.1) is 0 Å². The number of nitrogens with two attached hydrogens (primary N) is 1. The topological polar surface area (TPSA) is 64.3 Å². The first-order chi connectivity index (χ1) is 8.90. The van der Waals surface area contributed by atoms with Crippen molar-refractivity contribution in [3.05, 3.63) is 23.8 Å². The van der Waals surface area contributed by atoms with Gasteiger partial charge in [-0.2, -0.15) is 0 Å². The molecule has 4 heteroatoms. The van der Waals surface area contributed by atoms with Gasteiger partial charge in [-0.25, -0.2) is 0 Å². The maximum atomic E-state index is 11.9. The van der Waals surface area contributed by atoms with Crippen molar-refractivity contribution >= 4 is 11.6 Å². The number of amides is 1. The first-order valence-corrected chi connectivity index (χ1v) is 6.70. The number of rotatable bonds is 6. The van der Waals surface area contributed by atoms with E-state index < -0.39 is 6.10 Å². The minimum absolute atomic E-state index is 0.0949. The SMILES string of the molecule is Cc1ccc(N)cc1OC(C)C(=O)NCCC(C)C. The molecule has 1 unspecified atom stereocenters. The number of nitrogens with one attached hydrogen (secondary N) is 1. The Morgan fingerprint density at radius 1 is 1.37 bits per heavy atom. The number of ether oxygens (including phenoxy) is 1. The highest BCUT2D eigenvalue weighted by Gasteiger charge is 2.15. The Morgan fingerprint density at radius 3 is 2.68 bits per heavy atom. The summed E-state index contributed by atoms with van der Waals surface area (Å²) in [7, 11) is 0. The van der Waals surface area contributed by atoms with Crippen molar-refractivity contribution < 1.29 is 9.53 Å². The van der Waals surface area contributed by atoms with Crippen molar-refractivity contribution in [2.75, 3.05) is 12.3 Å². The lowest BCUT2D eigenvalue weighted by Gasteiger charge is -2.17. The maximum absolute atomic E-state index is 11.9. The summed E-state index contributed by atoms with van der Waals surface area (Å²) in [6.07, 6.45) is 0.447. The Labute approximate surface area is 115 Å². The predicted octanol–water partition coefficient (Wildman–Crippen LogP) is 2.51. The molecule has 0 aliphatic heterocycles. The quantitative estimate of drug-likeness (QED) is 0.776. The summed E-state index contributed by atoms with van der Waals surface area (Å²) in [6.45, 7) is 8.61. The van der Waals surface area contributed by atoms with Crippen LogP contribution in [0.5, 0.6) is 5.75 Å². The molecule has 0 aliphatic rings. The standard InChI is InChI=1S/C15H24N2O2/c1-10(2)7-8-17-15(18)12(4)19-14-9-13(16)6-5-11(14)3/h5-6,9-10,12H,7-8,16H2,1-4H3,(H,17,18). The number of carbonyl (C=O) groups excluding carboxylic acids is 1. The monoisotopic (exact) mass is 264 g/mol. The summed E-state index contributed by atoms with van der Waals surface area (Å²) in [5, 5.41) is 2.87. The summed E-state index contributed by atoms with van der Waals surface area (Å²) >= 11 is 0. The molecule has 0 fully saturated rings. The third-order valence-corrected chi connectivity index (χ3v) is 2.91. The van der Waals surface area contributed by atoms with E-state index in [2.05, 4.69) is 19.2 Å². The van der Waals surface area contributed by atoms with Crippen molar-refractivity contribution in [2.45, 2.75) is 40.2 Å².